The first-order chi connectivity index (χ1) is 14.2. The molecule has 3 heterocycles. The van der Waals surface area contributed by atoms with Gasteiger partial charge in [0.05, 0.1) is 11.9 Å². The zero-order chi connectivity index (χ0) is 19.8. The summed E-state index contributed by atoms with van der Waals surface area (Å²) in [6.07, 6.45) is 4.78. The average molecular weight is 384 g/mol. The van der Waals surface area contributed by atoms with Crippen molar-refractivity contribution in [3.8, 4) is 5.69 Å². The van der Waals surface area contributed by atoms with E-state index in [-0.39, 0.29) is 18.1 Å². The molecule has 1 aliphatic rings. The highest BCUT2D eigenvalue weighted by Gasteiger charge is 2.19. The Labute approximate surface area is 167 Å². The first kappa shape index (κ1) is 17.4. The molecule has 0 saturated heterocycles. The number of aryl methyl sites for hydroxylation is 1. The number of hydrogen-bond donors (Lipinski definition) is 1. The van der Waals surface area contributed by atoms with E-state index >= 15 is 0 Å². The summed E-state index contributed by atoms with van der Waals surface area (Å²) in [4.78, 5) is 25.1. The first-order valence-electron chi connectivity index (χ1n) is 9.73. The molecule has 0 fully saturated rings. The van der Waals surface area contributed by atoms with E-state index in [9.17, 15) is 9.59 Å². The molecule has 4 aromatic rings. The van der Waals surface area contributed by atoms with Gasteiger partial charge in [-0.2, -0.15) is 5.10 Å². The van der Waals surface area contributed by atoms with Gasteiger partial charge in [-0.1, -0.05) is 30.3 Å². The lowest BCUT2D eigenvalue weighted by Gasteiger charge is -2.06. The molecule has 6 nitrogen and oxygen atoms in total. The fourth-order valence-corrected chi connectivity index (χ4v) is 3.85. The van der Waals surface area contributed by atoms with Crippen LogP contribution in [0.25, 0.3) is 16.6 Å². The highest BCUT2D eigenvalue weighted by Crippen LogP contribution is 2.24. The lowest BCUT2D eigenvalue weighted by Crippen LogP contribution is -2.22. The number of Topliss-reactive ketones (excluding diaryl/α,β-unsaturated/α-hetero) is 1. The Kier molecular flexibility index (Phi) is 4.24. The standard InChI is InChI=1S/C23H20N4O2/c28-22(11-16-14-25-27(15-16)19-5-2-1-3-6-19)18-8-7-17-12-21-23(29)24-9-4-10-26(21)20(17)13-18/h1-3,5-8,12-15H,4,9-11H2,(H,24,29). The molecule has 0 radical (unpaired) electrons. The smallest absolute Gasteiger partial charge is 0.267 e. The topological polar surface area (TPSA) is 68.9 Å². The normalized spacial score (nSPS) is 13.7. The molecule has 1 aliphatic heterocycles. The minimum Gasteiger partial charge on any atom is -0.351 e. The first-order valence-corrected chi connectivity index (χ1v) is 9.73. The van der Waals surface area contributed by atoms with Crippen LogP contribution in [-0.4, -0.2) is 32.6 Å². The van der Waals surface area contributed by atoms with E-state index in [1.165, 1.54) is 0 Å². The van der Waals surface area contributed by atoms with E-state index in [2.05, 4.69) is 10.4 Å². The monoisotopic (exact) mass is 384 g/mol. The molecular formula is C23H20N4O2. The van der Waals surface area contributed by atoms with Crippen molar-refractivity contribution in [3.63, 3.8) is 0 Å². The second-order valence-corrected chi connectivity index (χ2v) is 7.29. The third kappa shape index (κ3) is 3.23. The van der Waals surface area contributed by atoms with Crippen LogP contribution in [0.15, 0.2) is 67.0 Å². The number of nitrogens with one attached hydrogen (secondary N) is 1. The lowest BCUT2D eigenvalue weighted by atomic mass is 10.0. The zero-order valence-electron chi connectivity index (χ0n) is 15.8. The largest absolute Gasteiger partial charge is 0.351 e. The molecular weight excluding hydrogens is 364 g/mol. The summed E-state index contributed by atoms with van der Waals surface area (Å²) in [5.41, 5.74) is 4.07. The summed E-state index contributed by atoms with van der Waals surface area (Å²) >= 11 is 0. The predicted octanol–water partition coefficient (Wildman–Crippen LogP) is 3.39. The predicted molar refractivity (Wildman–Crippen MR) is 110 cm³/mol. The molecule has 0 unspecified atom stereocenters. The van der Waals surface area contributed by atoms with Crippen molar-refractivity contribution >= 4 is 22.6 Å². The Morgan fingerprint density at radius 3 is 2.83 bits per heavy atom. The molecule has 0 atom stereocenters. The minimum atomic E-state index is -0.0556. The SMILES string of the molecule is O=C(Cc1cnn(-c2ccccc2)c1)c1ccc2cc3n(c2c1)CCCNC3=O. The highest BCUT2D eigenvalue weighted by atomic mass is 16.2. The van der Waals surface area contributed by atoms with Gasteiger partial charge < -0.3 is 9.88 Å². The van der Waals surface area contributed by atoms with Gasteiger partial charge in [0.1, 0.15) is 5.69 Å². The number of aromatic nitrogens is 3. The maximum absolute atomic E-state index is 12.9. The van der Waals surface area contributed by atoms with Gasteiger partial charge in [-0.15, -0.1) is 0 Å². The Bertz CT molecular complexity index is 1220. The Balaban J connectivity index is 1.42. The van der Waals surface area contributed by atoms with E-state index in [0.717, 1.165) is 35.1 Å². The number of rotatable bonds is 4. The van der Waals surface area contributed by atoms with Gasteiger partial charge in [0.25, 0.3) is 5.91 Å². The number of carbonyl (C=O) groups is 2. The molecule has 2 aromatic carbocycles. The van der Waals surface area contributed by atoms with Crippen LogP contribution < -0.4 is 5.32 Å². The van der Waals surface area contributed by atoms with Crippen molar-refractivity contribution in [1.82, 2.24) is 19.7 Å². The van der Waals surface area contributed by atoms with Crippen molar-refractivity contribution in [2.45, 2.75) is 19.4 Å². The van der Waals surface area contributed by atoms with Crippen molar-refractivity contribution in [1.29, 1.82) is 0 Å². The summed E-state index contributed by atoms with van der Waals surface area (Å²) in [6.45, 7) is 1.44. The van der Waals surface area contributed by atoms with Crippen LogP contribution >= 0.6 is 0 Å². The van der Waals surface area contributed by atoms with Crippen molar-refractivity contribution in [2.75, 3.05) is 6.54 Å². The molecule has 6 heteroatoms. The number of carbonyl (C=O) groups excluding carboxylic acids is 2. The molecule has 1 N–H and O–H groups in total. The number of hydrogen-bond acceptors (Lipinski definition) is 3. The van der Waals surface area contributed by atoms with Gasteiger partial charge in [-0.25, -0.2) is 4.68 Å². The molecule has 5 rings (SSSR count). The summed E-state index contributed by atoms with van der Waals surface area (Å²) in [6, 6.07) is 17.4. The van der Waals surface area contributed by atoms with Gasteiger partial charge >= 0.3 is 0 Å². The Morgan fingerprint density at radius 1 is 1.10 bits per heavy atom. The van der Waals surface area contributed by atoms with Gasteiger partial charge in [-0.3, -0.25) is 9.59 Å². The fourth-order valence-electron chi connectivity index (χ4n) is 3.85. The van der Waals surface area contributed by atoms with E-state index < -0.39 is 0 Å². The number of fused-ring (bicyclic) bond motifs is 3. The average Bonchev–Trinajstić information content (AvgIpc) is 3.31. The molecule has 29 heavy (non-hydrogen) atoms. The quantitative estimate of drug-likeness (QED) is 0.549. The maximum atomic E-state index is 12.9. The fraction of sp³-hybridized carbons (Fsp3) is 0.174. The second kappa shape index (κ2) is 7.05. The van der Waals surface area contributed by atoms with Crippen LogP contribution in [0.4, 0.5) is 0 Å². The minimum absolute atomic E-state index is 0.0353. The van der Waals surface area contributed by atoms with Crippen LogP contribution in [0.2, 0.25) is 0 Å². The van der Waals surface area contributed by atoms with Crippen molar-refractivity contribution in [2.24, 2.45) is 0 Å². The second-order valence-electron chi connectivity index (χ2n) is 7.29. The van der Waals surface area contributed by atoms with Crippen LogP contribution in [0, 0.1) is 0 Å². The lowest BCUT2D eigenvalue weighted by molar-refractivity contribution is 0.0950. The van der Waals surface area contributed by atoms with Crippen LogP contribution in [0.3, 0.4) is 0 Å². The number of benzene rings is 2. The third-order valence-corrected chi connectivity index (χ3v) is 5.32. The Hall–Kier alpha value is -3.67. The number of amides is 1. The van der Waals surface area contributed by atoms with Crippen LogP contribution in [0.5, 0.6) is 0 Å². The molecule has 144 valence electrons. The highest BCUT2D eigenvalue weighted by molar-refractivity contribution is 6.03. The van der Waals surface area contributed by atoms with Crippen molar-refractivity contribution < 1.29 is 9.59 Å². The zero-order valence-corrected chi connectivity index (χ0v) is 15.8. The Morgan fingerprint density at radius 2 is 1.97 bits per heavy atom. The van der Waals surface area contributed by atoms with Crippen molar-refractivity contribution in [3.05, 3.63) is 83.8 Å². The summed E-state index contributed by atoms with van der Waals surface area (Å²) in [5.74, 6) is -0.0203. The van der Waals surface area contributed by atoms with Gasteiger partial charge in [-0.05, 0) is 36.2 Å². The number of nitrogens with zero attached hydrogens (tertiary/aromatic N) is 3. The van der Waals surface area contributed by atoms with Crippen LogP contribution in [0.1, 0.15) is 32.8 Å². The summed E-state index contributed by atoms with van der Waals surface area (Å²) in [5, 5.41) is 8.26. The van der Waals surface area contributed by atoms with Gasteiger partial charge in [0.15, 0.2) is 5.78 Å². The molecule has 1 amide bonds. The van der Waals surface area contributed by atoms with E-state index in [1.807, 2.05) is 65.4 Å². The van der Waals surface area contributed by atoms with Crippen LogP contribution in [-0.2, 0) is 13.0 Å². The number of ketones is 1. The molecule has 0 aliphatic carbocycles. The maximum Gasteiger partial charge on any atom is 0.267 e. The summed E-state index contributed by atoms with van der Waals surface area (Å²) < 4.78 is 3.79. The van der Waals surface area contributed by atoms with E-state index in [1.54, 1.807) is 10.9 Å². The molecule has 0 spiro atoms. The molecule has 2 aromatic heterocycles. The van der Waals surface area contributed by atoms with Gasteiger partial charge in [0, 0.05) is 42.2 Å². The number of para-hydroxylation sites is 1. The summed E-state index contributed by atoms with van der Waals surface area (Å²) in [7, 11) is 0. The van der Waals surface area contributed by atoms with E-state index in [4.69, 9.17) is 0 Å². The van der Waals surface area contributed by atoms with Gasteiger partial charge in [0.2, 0.25) is 0 Å². The molecule has 0 bridgehead atoms. The third-order valence-electron chi connectivity index (χ3n) is 5.32. The molecule has 0 saturated carbocycles. The van der Waals surface area contributed by atoms with E-state index in [0.29, 0.717) is 17.8 Å².